The molecule has 11 heteroatoms. The second-order valence-electron chi connectivity index (χ2n) is 7.36. The fourth-order valence-electron chi connectivity index (χ4n) is 3.84. The molecule has 0 saturated heterocycles. The molecule has 32 heavy (non-hydrogen) atoms. The van der Waals surface area contributed by atoms with Gasteiger partial charge in [-0.3, -0.25) is 4.68 Å². The van der Waals surface area contributed by atoms with Gasteiger partial charge in [0.05, 0.1) is 31.8 Å². The van der Waals surface area contributed by atoms with Gasteiger partial charge >= 0.3 is 5.97 Å². The number of thioether (sulfide) groups is 1. The fourth-order valence-corrected chi connectivity index (χ4v) is 6.71. The molecule has 0 bridgehead atoms. The number of hydrogen-bond donors (Lipinski definition) is 1. The zero-order chi connectivity index (χ0) is 22.7. The minimum atomic E-state index is -1.07. The lowest BCUT2D eigenvalue weighted by molar-refractivity contribution is 0.0688. The van der Waals surface area contributed by atoms with Gasteiger partial charge in [0.15, 0.2) is 5.69 Å². The number of thiazole rings is 1. The van der Waals surface area contributed by atoms with E-state index in [9.17, 15) is 9.90 Å². The van der Waals surface area contributed by atoms with Gasteiger partial charge in [-0.05, 0) is 38.5 Å². The normalized spacial score (nSPS) is 15.0. The van der Waals surface area contributed by atoms with Gasteiger partial charge < -0.3 is 5.11 Å². The summed E-state index contributed by atoms with van der Waals surface area (Å²) >= 11 is 15.6. The third kappa shape index (κ3) is 3.35. The van der Waals surface area contributed by atoms with Crippen molar-refractivity contribution in [3.05, 3.63) is 51.5 Å². The molecular formula is C21H17Cl2N5O2S2. The lowest BCUT2D eigenvalue weighted by Crippen LogP contribution is -2.09. The number of hydrogen-bond acceptors (Lipinski definition) is 6. The van der Waals surface area contributed by atoms with Crippen LogP contribution in [0.25, 0.3) is 27.5 Å². The predicted molar refractivity (Wildman–Crippen MR) is 128 cm³/mol. The van der Waals surface area contributed by atoms with Gasteiger partial charge in [-0.2, -0.15) is 14.9 Å². The summed E-state index contributed by atoms with van der Waals surface area (Å²) in [5.74, 6) is -1.07. The number of carbonyl (C=O) groups is 1. The van der Waals surface area contributed by atoms with Crippen LogP contribution in [0, 0.1) is 6.92 Å². The molecule has 0 saturated carbocycles. The van der Waals surface area contributed by atoms with E-state index in [0.29, 0.717) is 38.5 Å². The van der Waals surface area contributed by atoms with Crippen LogP contribution in [0.15, 0.2) is 28.7 Å². The van der Waals surface area contributed by atoms with Crippen LogP contribution in [0.4, 0.5) is 0 Å². The first kappa shape index (κ1) is 21.5. The fraction of sp³-hybridized carbons (Fsp3) is 0.238. The standard InChI is InChI=1S/C21H17Cl2N5O2S2/c1-4-27-8-11(7-24-27)16-9(2)26-28(18(16)19(29)30)21-25-17-13-6-15(23)14(22)5-12(13)10(3)31-20(17)32-21/h5-8,10H,4H2,1-3H3,(H,29,30). The van der Waals surface area contributed by atoms with Crippen molar-refractivity contribution in [1.82, 2.24) is 24.5 Å². The topological polar surface area (TPSA) is 85.8 Å². The van der Waals surface area contributed by atoms with Gasteiger partial charge in [-0.25, -0.2) is 9.78 Å². The van der Waals surface area contributed by atoms with E-state index in [4.69, 9.17) is 28.2 Å². The molecule has 1 N–H and O–H groups in total. The zero-order valence-corrected chi connectivity index (χ0v) is 20.4. The number of halogens is 2. The molecule has 0 radical (unpaired) electrons. The van der Waals surface area contributed by atoms with E-state index < -0.39 is 5.97 Å². The first-order valence-corrected chi connectivity index (χ1v) is 12.3. The summed E-state index contributed by atoms with van der Waals surface area (Å²) in [5, 5.41) is 20.5. The number of nitrogens with zero attached hydrogens (tertiary/aromatic N) is 5. The average Bonchev–Trinajstić information content (AvgIpc) is 3.45. The van der Waals surface area contributed by atoms with Gasteiger partial charge in [0.1, 0.15) is 0 Å². The predicted octanol–water partition coefficient (Wildman–Crippen LogP) is 6.36. The molecule has 1 aliphatic heterocycles. The average molecular weight is 506 g/mol. The highest BCUT2D eigenvalue weighted by Gasteiger charge is 2.31. The number of aryl methyl sites for hydroxylation is 2. The van der Waals surface area contributed by atoms with Gasteiger partial charge in [-0.15, -0.1) is 11.8 Å². The summed E-state index contributed by atoms with van der Waals surface area (Å²) in [6, 6.07) is 3.71. The molecule has 0 spiro atoms. The Morgan fingerprint density at radius 3 is 2.72 bits per heavy atom. The van der Waals surface area contributed by atoms with Crippen molar-refractivity contribution in [2.24, 2.45) is 0 Å². The highest BCUT2D eigenvalue weighted by Crippen LogP contribution is 2.53. The Kier molecular flexibility index (Phi) is 5.32. The quantitative estimate of drug-likeness (QED) is 0.347. The van der Waals surface area contributed by atoms with Gasteiger partial charge in [0.2, 0.25) is 5.13 Å². The molecule has 7 nitrogen and oxygen atoms in total. The van der Waals surface area contributed by atoms with E-state index in [1.54, 1.807) is 29.6 Å². The van der Waals surface area contributed by atoms with Crippen LogP contribution in [0.5, 0.6) is 0 Å². The summed E-state index contributed by atoms with van der Waals surface area (Å²) in [4.78, 5) is 17.1. The maximum absolute atomic E-state index is 12.3. The van der Waals surface area contributed by atoms with Crippen molar-refractivity contribution in [2.75, 3.05) is 0 Å². The monoisotopic (exact) mass is 505 g/mol. The van der Waals surface area contributed by atoms with Crippen LogP contribution >= 0.6 is 46.3 Å². The number of carboxylic acid groups (broad SMARTS) is 1. The van der Waals surface area contributed by atoms with Crippen LogP contribution in [0.2, 0.25) is 10.0 Å². The molecule has 1 aromatic carbocycles. The van der Waals surface area contributed by atoms with Gasteiger partial charge in [0, 0.05) is 34.7 Å². The second kappa shape index (κ2) is 7.91. The number of benzene rings is 1. The summed E-state index contributed by atoms with van der Waals surface area (Å²) in [6.07, 6.45) is 3.49. The Hall–Kier alpha value is -2.33. The van der Waals surface area contributed by atoms with Crippen molar-refractivity contribution < 1.29 is 9.90 Å². The number of aromatic carboxylic acids is 1. The van der Waals surface area contributed by atoms with Crippen molar-refractivity contribution in [1.29, 1.82) is 0 Å². The zero-order valence-electron chi connectivity index (χ0n) is 17.3. The molecule has 5 rings (SSSR count). The summed E-state index contributed by atoms with van der Waals surface area (Å²) < 4.78 is 4.16. The molecule has 1 unspecified atom stereocenters. The third-order valence-electron chi connectivity index (χ3n) is 5.34. The van der Waals surface area contributed by atoms with Crippen molar-refractivity contribution >= 4 is 52.3 Å². The highest BCUT2D eigenvalue weighted by atomic mass is 35.5. The van der Waals surface area contributed by atoms with Crippen LogP contribution in [0.3, 0.4) is 0 Å². The SMILES string of the molecule is CCn1cc(-c2c(C)nn(-c3nc4c(s3)SC(C)c3cc(Cl)c(Cl)cc3-4)c2C(=O)O)cn1. The molecule has 1 atom stereocenters. The maximum Gasteiger partial charge on any atom is 0.355 e. The largest absolute Gasteiger partial charge is 0.476 e. The number of aromatic nitrogens is 5. The van der Waals surface area contributed by atoms with Crippen molar-refractivity contribution in [2.45, 2.75) is 36.8 Å². The van der Waals surface area contributed by atoms with E-state index in [0.717, 1.165) is 21.0 Å². The first-order valence-electron chi connectivity index (χ1n) is 9.81. The molecule has 3 aromatic heterocycles. The lowest BCUT2D eigenvalue weighted by atomic mass is 10.0. The molecule has 164 valence electrons. The van der Waals surface area contributed by atoms with E-state index >= 15 is 0 Å². The van der Waals surface area contributed by atoms with E-state index in [-0.39, 0.29) is 10.9 Å². The minimum absolute atomic E-state index is 0.0664. The molecule has 0 fully saturated rings. The molecule has 4 heterocycles. The number of rotatable bonds is 4. The first-order chi connectivity index (χ1) is 15.3. The maximum atomic E-state index is 12.3. The molecule has 1 aliphatic rings. The van der Waals surface area contributed by atoms with E-state index in [1.165, 1.54) is 16.0 Å². The Morgan fingerprint density at radius 1 is 1.28 bits per heavy atom. The molecular weight excluding hydrogens is 489 g/mol. The smallest absolute Gasteiger partial charge is 0.355 e. The molecule has 0 amide bonds. The van der Waals surface area contributed by atoms with Crippen LogP contribution in [-0.4, -0.2) is 35.6 Å². The molecule has 4 aromatic rings. The number of carboxylic acids is 1. The lowest BCUT2D eigenvalue weighted by Gasteiger charge is -2.21. The Bertz CT molecular complexity index is 1390. The number of fused-ring (bicyclic) bond motifs is 3. The summed E-state index contributed by atoms with van der Waals surface area (Å²) in [6.45, 7) is 6.56. The molecule has 0 aliphatic carbocycles. The highest BCUT2D eigenvalue weighted by molar-refractivity contribution is 8.01. The Morgan fingerprint density at radius 2 is 2.03 bits per heavy atom. The Balaban J connectivity index is 1.69. The van der Waals surface area contributed by atoms with Gasteiger partial charge in [-0.1, -0.05) is 34.5 Å². The van der Waals surface area contributed by atoms with Crippen molar-refractivity contribution in [3.63, 3.8) is 0 Å². The van der Waals surface area contributed by atoms with E-state index in [1.807, 2.05) is 25.3 Å². The van der Waals surface area contributed by atoms with Crippen LogP contribution in [0.1, 0.15) is 40.8 Å². The summed E-state index contributed by atoms with van der Waals surface area (Å²) in [5.41, 5.74) is 4.65. The third-order valence-corrected chi connectivity index (χ3v) is 8.45. The van der Waals surface area contributed by atoms with Crippen molar-refractivity contribution in [3.8, 4) is 27.5 Å². The summed E-state index contributed by atoms with van der Waals surface area (Å²) in [7, 11) is 0. The Labute approximate surface area is 202 Å². The minimum Gasteiger partial charge on any atom is -0.476 e. The second-order valence-corrected chi connectivity index (χ2v) is 10.8. The van der Waals surface area contributed by atoms with E-state index in [2.05, 4.69) is 17.1 Å². The van der Waals surface area contributed by atoms with Crippen LogP contribution < -0.4 is 0 Å². The van der Waals surface area contributed by atoms with Crippen LogP contribution in [-0.2, 0) is 6.54 Å². The van der Waals surface area contributed by atoms with Gasteiger partial charge in [0.25, 0.3) is 0 Å².